The minimum atomic E-state index is -1.88. The van der Waals surface area contributed by atoms with E-state index < -0.39 is 8.07 Å². The standard InChI is InChI=1S/C17H22O2Si/c1-4-20(5-2,14-10-7-6-8-11-14)16-13-9-12-15(18)17(16)19-3/h6-13,18H,4-5H2,1-3H3. The van der Waals surface area contributed by atoms with Crippen LogP contribution in [0.4, 0.5) is 0 Å². The van der Waals surface area contributed by atoms with Gasteiger partial charge in [-0.25, -0.2) is 0 Å². The van der Waals surface area contributed by atoms with Crippen LogP contribution in [-0.2, 0) is 0 Å². The highest BCUT2D eigenvalue weighted by molar-refractivity contribution is 7.02. The molecule has 0 saturated carbocycles. The van der Waals surface area contributed by atoms with Gasteiger partial charge < -0.3 is 9.84 Å². The molecule has 1 N–H and O–H groups in total. The van der Waals surface area contributed by atoms with E-state index in [1.165, 1.54) is 10.4 Å². The zero-order chi connectivity index (χ0) is 14.6. The van der Waals surface area contributed by atoms with Crippen molar-refractivity contribution in [2.24, 2.45) is 0 Å². The summed E-state index contributed by atoms with van der Waals surface area (Å²) in [6.45, 7) is 4.48. The third kappa shape index (κ3) is 2.34. The lowest BCUT2D eigenvalue weighted by Gasteiger charge is -2.32. The van der Waals surface area contributed by atoms with Gasteiger partial charge >= 0.3 is 0 Å². The first-order valence-corrected chi connectivity index (χ1v) is 9.53. The van der Waals surface area contributed by atoms with E-state index >= 15 is 0 Å². The highest BCUT2D eigenvalue weighted by Crippen LogP contribution is 2.28. The molecule has 0 spiro atoms. The Morgan fingerprint density at radius 3 is 2.15 bits per heavy atom. The van der Waals surface area contributed by atoms with Crippen LogP contribution in [0.1, 0.15) is 13.8 Å². The number of hydrogen-bond acceptors (Lipinski definition) is 2. The molecule has 2 aromatic rings. The minimum absolute atomic E-state index is 0.236. The molecule has 2 rings (SSSR count). The van der Waals surface area contributed by atoms with E-state index in [1.807, 2.05) is 12.1 Å². The fourth-order valence-electron chi connectivity index (χ4n) is 3.07. The average molecular weight is 286 g/mol. The second kappa shape index (κ2) is 6.14. The molecular weight excluding hydrogens is 264 g/mol. The fraction of sp³-hybridized carbons (Fsp3) is 0.294. The first-order valence-electron chi connectivity index (χ1n) is 7.11. The highest BCUT2D eigenvalue weighted by atomic mass is 28.3. The summed E-state index contributed by atoms with van der Waals surface area (Å²) in [5.74, 6) is 0.881. The lowest BCUT2D eigenvalue weighted by molar-refractivity contribution is 0.376. The molecule has 2 aromatic carbocycles. The number of para-hydroxylation sites is 1. The van der Waals surface area contributed by atoms with Gasteiger partial charge in [0.2, 0.25) is 0 Å². The van der Waals surface area contributed by atoms with Crippen molar-refractivity contribution in [2.75, 3.05) is 7.11 Å². The normalized spacial score (nSPS) is 11.3. The maximum atomic E-state index is 10.1. The lowest BCUT2D eigenvalue weighted by Crippen LogP contribution is -2.57. The molecule has 20 heavy (non-hydrogen) atoms. The Balaban J connectivity index is 2.69. The number of methoxy groups -OCH3 is 1. The van der Waals surface area contributed by atoms with Gasteiger partial charge in [0.05, 0.1) is 7.11 Å². The van der Waals surface area contributed by atoms with Crippen LogP contribution < -0.4 is 15.1 Å². The molecule has 0 atom stereocenters. The molecule has 106 valence electrons. The van der Waals surface area contributed by atoms with Crippen LogP contribution in [0.15, 0.2) is 48.5 Å². The number of hydrogen-bond donors (Lipinski definition) is 1. The van der Waals surface area contributed by atoms with Crippen molar-refractivity contribution in [2.45, 2.75) is 25.9 Å². The van der Waals surface area contributed by atoms with Crippen LogP contribution in [-0.4, -0.2) is 20.3 Å². The SMILES string of the molecule is CC[Si](CC)(c1ccccc1)c1cccc(O)c1OC. The fourth-order valence-corrected chi connectivity index (χ4v) is 7.37. The second-order valence-corrected chi connectivity index (χ2v) is 9.71. The van der Waals surface area contributed by atoms with Crippen molar-refractivity contribution in [1.29, 1.82) is 0 Å². The molecular formula is C17H22O2Si. The van der Waals surface area contributed by atoms with Crippen LogP contribution in [0.5, 0.6) is 11.5 Å². The summed E-state index contributed by atoms with van der Waals surface area (Å²) in [5.41, 5.74) is 0. The number of phenolic OH excluding ortho intramolecular Hbond substituents is 1. The minimum Gasteiger partial charge on any atom is -0.504 e. The van der Waals surface area contributed by atoms with Crippen molar-refractivity contribution in [3.63, 3.8) is 0 Å². The van der Waals surface area contributed by atoms with Gasteiger partial charge in [-0.15, -0.1) is 0 Å². The second-order valence-electron chi connectivity index (χ2n) is 5.01. The van der Waals surface area contributed by atoms with E-state index in [0.717, 1.165) is 12.1 Å². The third-order valence-electron chi connectivity index (χ3n) is 4.25. The molecule has 0 fully saturated rings. The molecule has 0 aromatic heterocycles. The number of ether oxygens (including phenoxy) is 1. The summed E-state index contributed by atoms with van der Waals surface area (Å²) >= 11 is 0. The topological polar surface area (TPSA) is 29.5 Å². The molecule has 3 heteroatoms. The van der Waals surface area contributed by atoms with Crippen molar-refractivity contribution in [3.05, 3.63) is 48.5 Å². The van der Waals surface area contributed by atoms with E-state index in [1.54, 1.807) is 13.2 Å². The monoisotopic (exact) mass is 286 g/mol. The van der Waals surface area contributed by atoms with Crippen LogP contribution in [0.25, 0.3) is 0 Å². The zero-order valence-electron chi connectivity index (χ0n) is 12.4. The van der Waals surface area contributed by atoms with E-state index in [9.17, 15) is 5.11 Å². The Morgan fingerprint density at radius 2 is 1.60 bits per heavy atom. The maximum absolute atomic E-state index is 10.1. The summed E-state index contributed by atoms with van der Waals surface area (Å²) < 4.78 is 5.49. The summed E-state index contributed by atoms with van der Waals surface area (Å²) in [4.78, 5) is 0. The zero-order valence-corrected chi connectivity index (χ0v) is 13.4. The highest BCUT2D eigenvalue weighted by Gasteiger charge is 2.36. The molecule has 0 unspecified atom stereocenters. The predicted molar refractivity (Wildman–Crippen MR) is 87.1 cm³/mol. The van der Waals surface area contributed by atoms with Crippen LogP contribution in [0, 0.1) is 0 Å². The predicted octanol–water partition coefficient (Wildman–Crippen LogP) is 3.00. The van der Waals surface area contributed by atoms with Crippen molar-refractivity contribution < 1.29 is 9.84 Å². The van der Waals surface area contributed by atoms with Gasteiger partial charge in [-0.1, -0.05) is 73.6 Å². The van der Waals surface area contributed by atoms with E-state index in [4.69, 9.17) is 4.74 Å². The largest absolute Gasteiger partial charge is 0.504 e. The Bertz CT molecular complexity index is 562. The van der Waals surface area contributed by atoms with Gasteiger partial charge in [0.25, 0.3) is 0 Å². The van der Waals surface area contributed by atoms with Gasteiger partial charge in [0, 0.05) is 0 Å². The average Bonchev–Trinajstić information content (AvgIpc) is 2.50. The Hall–Kier alpha value is -1.74. The van der Waals surface area contributed by atoms with E-state index in [2.05, 4.69) is 44.2 Å². The number of benzene rings is 2. The smallest absolute Gasteiger partial charge is 0.160 e. The molecule has 0 bridgehead atoms. The quantitative estimate of drug-likeness (QED) is 0.856. The molecule has 2 nitrogen and oxygen atoms in total. The number of phenols is 1. The number of aromatic hydroxyl groups is 1. The van der Waals surface area contributed by atoms with Gasteiger partial charge in [-0.05, 0) is 11.3 Å². The Labute approximate surface area is 122 Å². The van der Waals surface area contributed by atoms with Crippen molar-refractivity contribution >= 4 is 18.4 Å². The lowest BCUT2D eigenvalue weighted by atomic mass is 10.3. The summed E-state index contributed by atoms with van der Waals surface area (Å²) in [6, 6.07) is 18.6. The van der Waals surface area contributed by atoms with E-state index in [-0.39, 0.29) is 5.75 Å². The summed E-state index contributed by atoms with van der Waals surface area (Å²) in [5, 5.41) is 12.7. The summed E-state index contributed by atoms with van der Waals surface area (Å²) in [7, 11) is -0.245. The van der Waals surface area contributed by atoms with E-state index in [0.29, 0.717) is 5.75 Å². The van der Waals surface area contributed by atoms with Gasteiger partial charge in [0.1, 0.15) is 8.07 Å². The molecule has 0 aliphatic rings. The van der Waals surface area contributed by atoms with Crippen LogP contribution in [0.3, 0.4) is 0 Å². The number of rotatable bonds is 5. The Morgan fingerprint density at radius 1 is 0.950 bits per heavy atom. The molecule has 0 aliphatic carbocycles. The van der Waals surface area contributed by atoms with Gasteiger partial charge in [-0.2, -0.15) is 0 Å². The third-order valence-corrected chi connectivity index (χ3v) is 9.53. The maximum Gasteiger partial charge on any atom is 0.160 e. The first kappa shape index (κ1) is 14.7. The molecule has 0 saturated heterocycles. The van der Waals surface area contributed by atoms with Crippen LogP contribution >= 0.6 is 0 Å². The molecule has 0 heterocycles. The molecule has 0 radical (unpaired) electrons. The Kier molecular flexibility index (Phi) is 4.50. The van der Waals surface area contributed by atoms with Gasteiger partial charge in [0.15, 0.2) is 11.5 Å². The van der Waals surface area contributed by atoms with Crippen molar-refractivity contribution in [3.8, 4) is 11.5 Å². The van der Waals surface area contributed by atoms with Crippen LogP contribution in [0.2, 0.25) is 12.1 Å². The molecule has 0 aliphatic heterocycles. The van der Waals surface area contributed by atoms with Gasteiger partial charge in [-0.3, -0.25) is 0 Å². The molecule has 0 amide bonds. The summed E-state index contributed by atoms with van der Waals surface area (Å²) in [6.07, 6.45) is 0. The first-order chi connectivity index (χ1) is 9.69. The van der Waals surface area contributed by atoms with Crippen molar-refractivity contribution in [1.82, 2.24) is 0 Å².